The molecule has 1 unspecified atom stereocenters. The molecule has 0 saturated heterocycles. The van der Waals surface area contributed by atoms with Crippen LogP contribution in [0.25, 0.3) is 0 Å². The van der Waals surface area contributed by atoms with E-state index in [2.05, 4.69) is 9.97 Å². The van der Waals surface area contributed by atoms with E-state index in [1.807, 2.05) is 13.0 Å². The molecule has 9 heavy (non-hydrogen) atoms. The fourth-order valence-corrected chi connectivity index (χ4v) is 0.513. The van der Waals surface area contributed by atoms with Crippen molar-refractivity contribution in [2.45, 2.75) is 13.3 Å². The smallest absolute Gasteiger partial charge is 0.127 e. The van der Waals surface area contributed by atoms with Crippen LogP contribution in [0, 0.1) is 0 Å². The molecule has 0 amide bonds. The molecule has 0 aromatic carbocycles. The van der Waals surface area contributed by atoms with Crippen molar-refractivity contribution < 1.29 is 0 Å². The van der Waals surface area contributed by atoms with Gasteiger partial charge in [0.15, 0.2) is 0 Å². The second-order valence-corrected chi connectivity index (χ2v) is 1.52. The van der Waals surface area contributed by atoms with Gasteiger partial charge in [0, 0.05) is 18.8 Å². The third-order valence-corrected chi connectivity index (χ3v) is 0.935. The van der Waals surface area contributed by atoms with E-state index < -0.39 is 0 Å². The highest BCUT2D eigenvalue weighted by atomic mass is 31.0. The maximum absolute atomic E-state index is 3.99. The third-order valence-electron chi connectivity index (χ3n) is 0.935. The molecular formula is C6H11N2P. The molecule has 1 aromatic rings. The maximum atomic E-state index is 3.99. The standard InChI is InChI=1S/C6H8N2.H3P/c1-2-6-7-4-3-5-8-6;/h3-5H,2H2,1H3;1H3. The molecule has 0 aliphatic carbocycles. The Balaban J connectivity index is 0.000000640. The minimum absolute atomic E-state index is 0. The van der Waals surface area contributed by atoms with Crippen LogP contribution in [-0.4, -0.2) is 9.97 Å². The van der Waals surface area contributed by atoms with Crippen molar-refractivity contribution in [3.63, 3.8) is 0 Å². The van der Waals surface area contributed by atoms with E-state index in [0.29, 0.717) is 0 Å². The molecule has 0 fully saturated rings. The van der Waals surface area contributed by atoms with Gasteiger partial charge in [0.1, 0.15) is 5.82 Å². The molecule has 0 aliphatic rings. The molecule has 2 nitrogen and oxygen atoms in total. The molecule has 0 N–H and O–H groups in total. The van der Waals surface area contributed by atoms with E-state index >= 15 is 0 Å². The number of aryl methyl sites for hydroxylation is 1. The van der Waals surface area contributed by atoms with Gasteiger partial charge >= 0.3 is 0 Å². The summed E-state index contributed by atoms with van der Waals surface area (Å²) in [6.45, 7) is 2.04. The van der Waals surface area contributed by atoms with Crippen LogP contribution in [0.1, 0.15) is 12.7 Å². The van der Waals surface area contributed by atoms with Crippen LogP contribution >= 0.6 is 9.90 Å². The first-order valence-electron chi connectivity index (χ1n) is 2.69. The van der Waals surface area contributed by atoms with Crippen molar-refractivity contribution in [3.8, 4) is 0 Å². The van der Waals surface area contributed by atoms with Crippen molar-refractivity contribution in [1.29, 1.82) is 0 Å². The first kappa shape index (κ1) is 8.51. The van der Waals surface area contributed by atoms with Gasteiger partial charge in [-0.1, -0.05) is 6.92 Å². The van der Waals surface area contributed by atoms with Crippen LogP contribution in [0.3, 0.4) is 0 Å². The molecule has 0 spiro atoms. The lowest BCUT2D eigenvalue weighted by molar-refractivity contribution is 0.939. The SMILES string of the molecule is CCc1ncccn1.P. The first-order valence-corrected chi connectivity index (χ1v) is 2.69. The molecule has 50 valence electrons. The summed E-state index contributed by atoms with van der Waals surface area (Å²) >= 11 is 0. The summed E-state index contributed by atoms with van der Waals surface area (Å²) in [5, 5.41) is 0. The Morgan fingerprint density at radius 2 is 1.89 bits per heavy atom. The second kappa shape index (κ2) is 4.39. The van der Waals surface area contributed by atoms with Crippen molar-refractivity contribution in [1.82, 2.24) is 9.97 Å². The largest absolute Gasteiger partial charge is 0.241 e. The van der Waals surface area contributed by atoms with Crippen LogP contribution in [0.15, 0.2) is 18.5 Å². The summed E-state index contributed by atoms with van der Waals surface area (Å²) in [5.74, 6) is 0.910. The van der Waals surface area contributed by atoms with Crippen LogP contribution in [0.2, 0.25) is 0 Å². The minimum atomic E-state index is 0. The Morgan fingerprint density at radius 1 is 1.33 bits per heavy atom. The lowest BCUT2D eigenvalue weighted by atomic mass is 10.4. The van der Waals surface area contributed by atoms with E-state index in [0.717, 1.165) is 12.2 Å². The van der Waals surface area contributed by atoms with Crippen molar-refractivity contribution in [3.05, 3.63) is 24.3 Å². The van der Waals surface area contributed by atoms with E-state index in [-0.39, 0.29) is 9.90 Å². The Hall–Kier alpha value is -0.490. The van der Waals surface area contributed by atoms with Gasteiger partial charge in [0.05, 0.1) is 0 Å². The third kappa shape index (κ3) is 2.52. The zero-order chi connectivity index (χ0) is 5.82. The highest BCUT2D eigenvalue weighted by Gasteiger charge is 1.83. The van der Waals surface area contributed by atoms with Crippen molar-refractivity contribution in [2.24, 2.45) is 0 Å². The van der Waals surface area contributed by atoms with Crippen molar-refractivity contribution >= 4 is 9.90 Å². The summed E-state index contributed by atoms with van der Waals surface area (Å²) in [6.07, 6.45) is 4.43. The fourth-order valence-electron chi connectivity index (χ4n) is 0.513. The topological polar surface area (TPSA) is 25.8 Å². The predicted molar refractivity (Wildman–Crippen MR) is 42.5 cm³/mol. The number of nitrogens with zero attached hydrogens (tertiary/aromatic N) is 2. The summed E-state index contributed by atoms with van der Waals surface area (Å²) in [4.78, 5) is 7.97. The molecule has 1 atom stereocenters. The van der Waals surface area contributed by atoms with Crippen molar-refractivity contribution in [2.75, 3.05) is 0 Å². The molecule has 1 rings (SSSR count). The van der Waals surface area contributed by atoms with Crippen LogP contribution in [-0.2, 0) is 6.42 Å². The van der Waals surface area contributed by atoms with Crippen LogP contribution in [0.4, 0.5) is 0 Å². The predicted octanol–water partition coefficient (Wildman–Crippen LogP) is 1.10. The van der Waals surface area contributed by atoms with E-state index in [1.54, 1.807) is 12.4 Å². The number of aromatic nitrogens is 2. The second-order valence-electron chi connectivity index (χ2n) is 1.52. The van der Waals surface area contributed by atoms with Gasteiger partial charge < -0.3 is 0 Å². The lowest BCUT2D eigenvalue weighted by Crippen LogP contribution is -1.87. The molecule has 0 saturated carbocycles. The van der Waals surface area contributed by atoms with Gasteiger partial charge in [-0.3, -0.25) is 0 Å². The van der Waals surface area contributed by atoms with Gasteiger partial charge in [-0.2, -0.15) is 9.90 Å². The Bertz CT molecular complexity index is 152. The normalized spacial score (nSPS) is 8.11. The molecule has 0 aliphatic heterocycles. The minimum Gasteiger partial charge on any atom is -0.241 e. The van der Waals surface area contributed by atoms with Gasteiger partial charge in [-0.25, -0.2) is 9.97 Å². The molecule has 3 heteroatoms. The zero-order valence-electron chi connectivity index (χ0n) is 5.54. The monoisotopic (exact) mass is 142 g/mol. The molecule has 0 bridgehead atoms. The van der Waals surface area contributed by atoms with Gasteiger partial charge in [0.2, 0.25) is 0 Å². The van der Waals surface area contributed by atoms with E-state index in [1.165, 1.54) is 0 Å². The highest BCUT2D eigenvalue weighted by Crippen LogP contribution is 1.85. The summed E-state index contributed by atoms with van der Waals surface area (Å²) < 4.78 is 0. The first-order chi connectivity index (χ1) is 3.93. The summed E-state index contributed by atoms with van der Waals surface area (Å²) in [7, 11) is 0. The molecule has 0 radical (unpaired) electrons. The quantitative estimate of drug-likeness (QED) is 0.548. The molecule has 1 heterocycles. The fraction of sp³-hybridized carbons (Fsp3) is 0.333. The summed E-state index contributed by atoms with van der Waals surface area (Å²) in [5.41, 5.74) is 0. The average molecular weight is 142 g/mol. The van der Waals surface area contributed by atoms with Crippen LogP contribution in [0.5, 0.6) is 0 Å². The van der Waals surface area contributed by atoms with E-state index in [9.17, 15) is 0 Å². The Kier molecular flexibility index (Phi) is 4.16. The average Bonchev–Trinajstić information content (AvgIpc) is 1.90. The van der Waals surface area contributed by atoms with E-state index in [4.69, 9.17) is 0 Å². The molecule has 1 aromatic heterocycles. The van der Waals surface area contributed by atoms with Gasteiger partial charge in [-0.05, 0) is 6.07 Å². The number of hydrogen-bond donors (Lipinski definition) is 0. The Labute approximate surface area is 58.4 Å². The number of hydrogen-bond acceptors (Lipinski definition) is 2. The van der Waals surface area contributed by atoms with Gasteiger partial charge in [0.25, 0.3) is 0 Å². The summed E-state index contributed by atoms with van der Waals surface area (Å²) in [6, 6.07) is 1.82. The zero-order valence-corrected chi connectivity index (χ0v) is 6.95. The number of rotatable bonds is 1. The van der Waals surface area contributed by atoms with Crippen LogP contribution < -0.4 is 0 Å². The van der Waals surface area contributed by atoms with Gasteiger partial charge in [-0.15, -0.1) is 0 Å². The highest BCUT2D eigenvalue weighted by molar-refractivity contribution is 6.92. The lowest BCUT2D eigenvalue weighted by Gasteiger charge is -1.87. The maximum Gasteiger partial charge on any atom is 0.127 e. The Morgan fingerprint density at radius 3 is 2.22 bits per heavy atom. The molecular weight excluding hydrogens is 131 g/mol.